The van der Waals surface area contributed by atoms with E-state index in [9.17, 15) is 9.18 Å². The van der Waals surface area contributed by atoms with Crippen molar-refractivity contribution in [3.63, 3.8) is 0 Å². The lowest BCUT2D eigenvalue weighted by molar-refractivity contribution is 0.0951. The quantitative estimate of drug-likeness (QED) is 0.585. The van der Waals surface area contributed by atoms with Crippen LogP contribution in [0.25, 0.3) is 0 Å². The molecule has 0 fully saturated rings. The summed E-state index contributed by atoms with van der Waals surface area (Å²) < 4.78 is 13.0. The van der Waals surface area contributed by atoms with Crippen molar-refractivity contribution in [1.82, 2.24) is 10.3 Å². The second-order valence-corrected chi connectivity index (χ2v) is 6.08. The summed E-state index contributed by atoms with van der Waals surface area (Å²) in [7, 11) is 0. The second kappa shape index (κ2) is 8.86. The van der Waals surface area contributed by atoms with E-state index in [2.05, 4.69) is 20.9 Å². The van der Waals surface area contributed by atoms with Crippen LogP contribution < -0.4 is 16.0 Å². The van der Waals surface area contributed by atoms with E-state index in [1.54, 1.807) is 48.8 Å². The molecule has 1 aromatic heterocycles. The molecule has 0 radical (unpaired) electrons. The Labute approximate surface area is 161 Å². The summed E-state index contributed by atoms with van der Waals surface area (Å²) in [5.74, 6) is -0.554. The first-order valence-corrected chi connectivity index (χ1v) is 8.62. The number of amides is 1. The molecule has 0 spiro atoms. The molecule has 0 aliphatic carbocycles. The summed E-state index contributed by atoms with van der Waals surface area (Å²) in [5, 5.41) is 9.12. The minimum Gasteiger partial charge on any atom is -0.348 e. The Kier molecular flexibility index (Phi) is 6.06. The molecule has 1 heterocycles. The van der Waals surface area contributed by atoms with Gasteiger partial charge in [0.2, 0.25) is 0 Å². The highest BCUT2D eigenvalue weighted by atomic mass is 32.1. The van der Waals surface area contributed by atoms with Crippen molar-refractivity contribution in [1.29, 1.82) is 0 Å². The zero-order valence-corrected chi connectivity index (χ0v) is 15.1. The van der Waals surface area contributed by atoms with Gasteiger partial charge in [-0.3, -0.25) is 9.78 Å². The zero-order chi connectivity index (χ0) is 19.1. The lowest BCUT2D eigenvalue weighted by atomic mass is 10.1. The first-order chi connectivity index (χ1) is 13.1. The number of halogens is 1. The van der Waals surface area contributed by atoms with Crippen molar-refractivity contribution in [3.8, 4) is 0 Å². The van der Waals surface area contributed by atoms with Crippen LogP contribution in [-0.2, 0) is 6.54 Å². The van der Waals surface area contributed by atoms with Gasteiger partial charge < -0.3 is 16.0 Å². The van der Waals surface area contributed by atoms with Gasteiger partial charge in [0.25, 0.3) is 5.91 Å². The maximum absolute atomic E-state index is 13.0. The smallest absolute Gasteiger partial charge is 0.253 e. The summed E-state index contributed by atoms with van der Waals surface area (Å²) in [6.45, 7) is 0.374. The number of anilines is 2. The summed E-state index contributed by atoms with van der Waals surface area (Å²) in [5.41, 5.74) is 2.59. The number of benzene rings is 2. The number of nitrogens with one attached hydrogen (secondary N) is 3. The van der Waals surface area contributed by atoms with Gasteiger partial charge in [0.05, 0.1) is 11.3 Å². The molecule has 27 heavy (non-hydrogen) atoms. The van der Waals surface area contributed by atoms with Crippen LogP contribution in [0, 0.1) is 5.82 Å². The van der Waals surface area contributed by atoms with E-state index in [1.807, 2.05) is 12.1 Å². The van der Waals surface area contributed by atoms with Gasteiger partial charge in [-0.2, -0.15) is 0 Å². The summed E-state index contributed by atoms with van der Waals surface area (Å²) in [6, 6.07) is 16.6. The second-order valence-electron chi connectivity index (χ2n) is 5.68. The number of nitrogens with zero attached hydrogens (tertiary/aromatic N) is 1. The van der Waals surface area contributed by atoms with Gasteiger partial charge in [-0.1, -0.05) is 18.2 Å². The Bertz CT molecular complexity index is 932. The number of rotatable bonds is 5. The molecular weight excluding hydrogens is 363 g/mol. The topological polar surface area (TPSA) is 66.0 Å². The van der Waals surface area contributed by atoms with Crippen LogP contribution >= 0.6 is 12.2 Å². The highest BCUT2D eigenvalue weighted by Crippen LogP contribution is 2.16. The molecule has 2 aromatic carbocycles. The van der Waals surface area contributed by atoms with E-state index >= 15 is 0 Å². The van der Waals surface area contributed by atoms with Crippen molar-refractivity contribution in [2.45, 2.75) is 6.54 Å². The molecule has 5 nitrogen and oxygen atoms in total. The number of para-hydroxylation sites is 1. The van der Waals surface area contributed by atoms with Gasteiger partial charge in [-0.15, -0.1) is 0 Å². The summed E-state index contributed by atoms with van der Waals surface area (Å²) >= 11 is 5.28. The molecule has 0 unspecified atom stereocenters. The van der Waals surface area contributed by atoms with E-state index in [0.717, 1.165) is 5.56 Å². The van der Waals surface area contributed by atoms with Gasteiger partial charge in [-0.25, -0.2) is 4.39 Å². The van der Waals surface area contributed by atoms with Gasteiger partial charge in [0, 0.05) is 24.6 Å². The van der Waals surface area contributed by atoms with E-state index in [0.29, 0.717) is 28.6 Å². The van der Waals surface area contributed by atoms with Crippen LogP contribution in [0.1, 0.15) is 15.9 Å². The molecule has 7 heteroatoms. The Morgan fingerprint density at radius 2 is 1.78 bits per heavy atom. The van der Waals surface area contributed by atoms with E-state index in [1.165, 1.54) is 12.1 Å². The van der Waals surface area contributed by atoms with Crippen LogP contribution in [-0.4, -0.2) is 16.0 Å². The van der Waals surface area contributed by atoms with Crippen molar-refractivity contribution < 1.29 is 9.18 Å². The Balaban J connectivity index is 1.65. The van der Waals surface area contributed by atoms with Crippen molar-refractivity contribution in [3.05, 3.63) is 90.0 Å². The molecule has 0 saturated heterocycles. The Hall–Kier alpha value is -3.32. The molecule has 3 rings (SSSR count). The molecule has 1 amide bonds. The van der Waals surface area contributed by atoms with Gasteiger partial charge in [0.1, 0.15) is 5.82 Å². The minimum atomic E-state index is -0.324. The first kappa shape index (κ1) is 18.5. The number of hydrogen-bond acceptors (Lipinski definition) is 3. The molecular formula is C20H17FN4OS. The van der Waals surface area contributed by atoms with Crippen molar-refractivity contribution >= 4 is 34.6 Å². The average molecular weight is 380 g/mol. The SMILES string of the molecule is O=C(NCc1cccnc1)c1ccccc1NC(=S)Nc1ccc(F)cc1. The summed E-state index contributed by atoms with van der Waals surface area (Å²) in [4.78, 5) is 16.6. The lowest BCUT2D eigenvalue weighted by Gasteiger charge is -2.14. The molecule has 0 aliphatic heterocycles. The van der Waals surface area contributed by atoms with Crippen LogP contribution in [0.4, 0.5) is 15.8 Å². The number of carbonyl (C=O) groups is 1. The minimum absolute atomic E-state index is 0.230. The van der Waals surface area contributed by atoms with Crippen LogP contribution in [0.15, 0.2) is 73.1 Å². The summed E-state index contributed by atoms with van der Waals surface area (Å²) in [6.07, 6.45) is 3.38. The molecule has 0 bridgehead atoms. The molecule has 3 N–H and O–H groups in total. The third-order valence-electron chi connectivity index (χ3n) is 3.70. The van der Waals surface area contributed by atoms with Crippen molar-refractivity contribution in [2.24, 2.45) is 0 Å². The normalized spacial score (nSPS) is 10.1. The number of aromatic nitrogens is 1. The van der Waals surface area contributed by atoms with E-state index in [-0.39, 0.29) is 11.7 Å². The maximum atomic E-state index is 13.0. The lowest BCUT2D eigenvalue weighted by Crippen LogP contribution is -2.26. The van der Waals surface area contributed by atoms with Crippen LogP contribution in [0.2, 0.25) is 0 Å². The zero-order valence-electron chi connectivity index (χ0n) is 14.3. The standard InChI is InChI=1S/C20H17FN4OS/c21-15-7-9-16(10-8-15)24-20(27)25-18-6-2-1-5-17(18)19(26)23-13-14-4-3-11-22-12-14/h1-12H,13H2,(H,23,26)(H2,24,25,27). The number of pyridine rings is 1. The third kappa shape index (κ3) is 5.32. The van der Waals surface area contributed by atoms with Gasteiger partial charge in [-0.05, 0) is 60.2 Å². The average Bonchev–Trinajstić information content (AvgIpc) is 2.69. The predicted molar refractivity (Wildman–Crippen MR) is 108 cm³/mol. The third-order valence-corrected chi connectivity index (χ3v) is 3.90. The van der Waals surface area contributed by atoms with E-state index in [4.69, 9.17) is 12.2 Å². The van der Waals surface area contributed by atoms with E-state index < -0.39 is 0 Å². The monoisotopic (exact) mass is 380 g/mol. The Morgan fingerprint density at radius 3 is 2.52 bits per heavy atom. The molecule has 3 aromatic rings. The maximum Gasteiger partial charge on any atom is 0.253 e. The highest BCUT2D eigenvalue weighted by Gasteiger charge is 2.12. The highest BCUT2D eigenvalue weighted by molar-refractivity contribution is 7.80. The predicted octanol–water partition coefficient (Wildman–Crippen LogP) is 3.96. The first-order valence-electron chi connectivity index (χ1n) is 8.21. The van der Waals surface area contributed by atoms with Crippen LogP contribution in [0.3, 0.4) is 0 Å². The fourth-order valence-electron chi connectivity index (χ4n) is 2.39. The molecule has 136 valence electrons. The van der Waals surface area contributed by atoms with Gasteiger partial charge >= 0.3 is 0 Å². The number of carbonyl (C=O) groups excluding carboxylic acids is 1. The molecule has 0 saturated carbocycles. The van der Waals surface area contributed by atoms with Crippen molar-refractivity contribution in [2.75, 3.05) is 10.6 Å². The number of thiocarbonyl (C=S) groups is 1. The molecule has 0 aliphatic rings. The number of hydrogen-bond donors (Lipinski definition) is 3. The van der Waals surface area contributed by atoms with Gasteiger partial charge in [0.15, 0.2) is 5.11 Å². The van der Waals surface area contributed by atoms with Crippen LogP contribution in [0.5, 0.6) is 0 Å². The molecule has 0 atom stereocenters. The fourth-order valence-corrected chi connectivity index (χ4v) is 2.62. The fraction of sp³-hybridized carbons (Fsp3) is 0.0500. The Morgan fingerprint density at radius 1 is 1.00 bits per heavy atom. The largest absolute Gasteiger partial charge is 0.348 e.